The lowest BCUT2D eigenvalue weighted by Gasteiger charge is -2.23. The summed E-state index contributed by atoms with van der Waals surface area (Å²) in [4.78, 5) is 12.8. The molecule has 1 aromatic rings. The third-order valence-electron chi connectivity index (χ3n) is 4.13. The molecule has 0 bridgehead atoms. The fourth-order valence-corrected chi connectivity index (χ4v) is 3.19. The number of ketones is 1. The lowest BCUT2D eigenvalue weighted by molar-refractivity contribution is 0.0823. The zero-order chi connectivity index (χ0) is 15.5. The number of hydrogen-bond acceptors (Lipinski definition) is 3. The molecule has 0 unspecified atom stereocenters. The summed E-state index contributed by atoms with van der Waals surface area (Å²) in [6.07, 6.45) is 4.07. The number of carbonyl (C=O) groups is 1. The molecular weight excluding hydrogens is 288 g/mol. The quantitative estimate of drug-likeness (QED) is 0.701. The summed E-state index contributed by atoms with van der Waals surface area (Å²) in [6, 6.07) is 3.43. The average molecular weight is 311 g/mol. The second kappa shape index (κ2) is 6.69. The van der Waals surface area contributed by atoms with Crippen molar-refractivity contribution in [1.82, 2.24) is 0 Å². The normalized spacial score (nSPS) is 16.8. The first-order chi connectivity index (χ1) is 10.0. The van der Waals surface area contributed by atoms with E-state index in [0.717, 1.165) is 25.7 Å². The summed E-state index contributed by atoms with van der Waals surface area (Å²) in [7, 11) is 0. The molecule has 1 fully saturated rings. The van der Waals surface area contributed by atoms with Gasteiger partial charge in [0.2, 0.25) is 0 Å². The van der Waals surface area contributed by atoms with Gasteiger partial charge < -0.3 is 9.47 Å². The highest BCUT2D eigenvalue weighted by molar-refractivity contribution is 6.34. The lowest BCUT2D eigenvalue weighted by atomic mass is 9.81. The van der Waals surface area contributed by atoms with Crippen LogP contribution in [0.5, 0.6) is 11.5 Å². The Balaban J connectivity index is 2.39. The van der Waals surface area contributed by atoms with E-state index in [1.54, 1.807) is 12.1 Å². The number of halogens is 1. The number of ether oxygens (including phenoxy) is 2. The molecule has 0 heterocycles. The minimum absolute atomic E-state index is 0.119. The minimum atomic E-state index is -0.291. The molecule has 116 valence electrons. The van der Waals surface area contributed by atoms with Gasteiger partial charge in [-0.3, -0.25) is 4.79 Å². The SMILES string of the molecule is CCOc1cc(Cl)c(C(=O)C2(C)CCCC2)cc1OCC. The summed E-state index contributed by atoms with van der Waals surface area (Å²) in [5.74, 6) is 1.31. The van der Waals surface area contributed by atoms with Crippen molar-refractivity contribution in [2.75, 3.05) is 13.2 Å². The number of rotatable bonds is 6. The van der Waals surface area contributed by atoms with Gasteiger partial charge >= 0.3 is 0 Å². The molecule has 2 rings (SSSR count). The molecule has 0 amide bonds. The molecule has 0 N–H and O–H groups in total. The molecule has 0 spiro atoms. The van der Waals surface area contributed by atoms with Crippen molar-refractivity contribution in [2.45, 2.75) is 46.5 Å². The van der Waals surface area contributed by atoms with Gasteiger partial charge in [0.25, 0.3) is 0 Å². The molecular formula is C17H23ClO3. The van der Waals surface area contributed by atoms with Crippen LogP contribution in [0.2, 0.25) is 5.02 Å². The second-order valence-corrected chi connectivity index (χ2v) is 6.15. The number of carbonyl (C=O) groups excluding carboxylic acids is 1. The monoisotopic (exact) mass is 310 g/mol. The largest absolute Gasteiger partial charge is 0.490 e. The summed E-state index contributed by atoms with van der Waals surface area (Å²) in [5, 5.41) is 0.444. The minimum Gasteiger partial charge on any atom is -0.490 e. The van der Waals surface area contributed by atoms with Crippen LogP contribution in [0.25, 0.3) is 0 Å². The predicted molar refractivity (Wildman–Crippen MR) is 84.7 cm³/mol. The second-order valence-electron chi connectivity index (χ2n) is 5.74. The van der Waals surface area contributed by atoms with E-state index >= 15 is 0 Å². The zero-order valence-corrected chi connectivity index (χ0v) is 13.8. The van der Waals surface area contributed by atoms with Gasteiger partial charge in [0.15, 0.2) is 17.3 Å². The Morgan fingerprint density at radius 1 is 1.14 bits per heavy atom. The van der Waals surface area contributed by atoms with E-state index in [-0.39, 0.29) is 11.2 Å². The van der Waals surface area contributed by atoms with Crippen LogP contribution in [0.3, 0.4) is 0 Å². The third kappa shape index (κ3) is 3.34. The van der Waals surface area contributed by atoms with Crippen molar-refractivity contribution >= 4 is 17.4 Å². The van der Waals surface area contributed by atoms with E-state index in [1.165, 1.54) is 0 Å². The maximum absolute atomic E-state index is 12.8. The van der Waals surface area contributed by atoms with Crippen LogP contribution in [-0.2, 0) is 0 Å². The highest BCUT2D eigenvalue weighted by atomic mass is 35.5. The molecule has 0 saturated heterocycles. The van der Waals surface area contributed by atoms with E-state index < -0.39 is 0 Å². The van der Waals surface area contributed by atoms with Crippen LogP contribution in [0.1, 0.15) is 56.8 Å². The van der Waals surface area contributed by atoms with Crippen LogP contribution in [0, 0.1) is 5.41 Å². The van der Waals surface area contributed by atoms with Gasteiger partial charge in [-0.15, -0.1) is 0 Å². The highest BCUT2D eigenvalue weighted by Gasteiger charge is 2.37. The number of benzene rings is 1. The fourth-order valence-electron chi connectivity index (χ4n) is 2.95. The van der Waals surface area contributed by atoms with Gasteiger partial charge in [-0.25, -0.2) is 0 Å². The van der Waals surface area contributed by atoms with Crippen LogP contribution in [0.15, 0.2) is 12.1 Å². The van der Waals surface area contributed by atoms with E-state index in [2.05, 4.69) is 0 Å². The van der Waals surface area contributed by atoms with E-state index in [9.17, 15) is 4.79 Å². The fraction of sp³-hybridized carbons (Fsp3) is 0.588. The first-order valence-corrected chi connectivity index (χ1v) is 8.03. The first-order valence-electron chi connectivity index (χ1n) is 7.65. The highest BCUT2D eigenvalue weighted by Crippen LogP contribution is 2.43. The Labute approximate surface area is 131 Å². The van der Waals surface area contributed by atoms with Gasteiger partial charge in [-0.2, -0.15) is 0 Å². The van der Waals surface area contributed by atoms with Crippen molar-refractivity contribution in [3.05, 3.63) is 22.7 Å². The Kier molecular flexibility index (Phi) is 5.15. The maximum atomic E-state index is 12.8. The molecule has 4 heteroatoms. The van der Waals surface area contributed by atoms with Crippen molar-refractivity contribution in [3.63, 3.8) is 0 Å². The lowest BCUT2D eigenvalue weighted by Crippen LogP contribution is -2.24. The molecule has 0 atom stereocenters. The van der Waals surface area contributed by atoms with Crippen molar-refractivity contribution in [2.24, 2.45) is 5.41 Å². The van der Waals surface area contributed by atoms with Crippen molar-refractivity contribution < 1.29 is 14.3 Å². The molecule has 1 aliphatic carbocycles. The van der Waals surface area contributed by atoms with Gasteiger partial charge in [0.1, 0.15) is 0 Å². The van der Waals surface area contributed by atoms with Crippen LogP contribution >= 0.6 is 11.6 Å². The molecule has 0 radical (unpaired) electrons. The Morgan fingerprint density at radius 3 is 2.19 bits per heavy atom. The molecule has 1 aromatic carbocycles. The Hall–Kier alpha value is -1.22. The first kappa shape index (κ1) is 16.2. The van der Waals surface area contributed by atoms with Crippen molar-refractivity contribution in [1.29, 1.82) is 0 Å². The number of hydrogen-bond donors (Lipinski definition) is 0. The molecule has 3 nitrogen and oxygen atoms in total. The predicted octanol–water partition coefficient (Wildman–Crippen LogP) is 4.90. The van der Waals surface area contributed by atoms with Crippen molar-refractivity contribution in [3.8, 4) is 11.5 Å². The van der Waals surface area contributed by atoms with Gasteiger partial charge in [0, 0.05) is 17.0 Å². The maximum Gasteiger partial charge on any atom is 0.170 e. The summed E-state index contributed by atoms with van der Waals surface area (Å²) >= 11 is 6.32. The van der Waals surface area contributed by atoms with Crippen LogP contribution < -0.4 is 9.47 Å². The van der Waals surface area contributed by atoms with Crippen LogP contribution in [0.4, 0.5) is 0 Å². The smallest absolute Gasteiger partial charge is 0.170 e. The summed E-state index contributed by atoms with van der Waals surface area (Å²) < 4.78 is 11.1. The Morgan fingerprint density at radius 2 is 1.67 bits per heavy atom. The van der Waals surface area contributed by atoms with Gasteiger partial charge in [-0.1, -0.05) is 31.4 Å². The molecule has 0 aliphatic heterocycles. The van der Waals surface area contributed by atoms with E-state index in [4.69, 9.17) is 21.1 Å². The van der Waals surface area contributed by atoms with E-state index in [0.29, 0.717) is 35.3 Å². The van der Waals surface area contributed by atoms with Gasteiger partial charge in [-0.05, 0) is 32.8 Å². The van der Waals surface area contributed by atoms with E-state index in [1.807, 2.05) is 20.8 Å². The molecule has 21 heavy (non-hydrogen) atoms. The average Bonchev–Trinajstić information content (AvgIpc) is 2.89. The molecule has 1 saturated carbocycles. The molecule has 1 aliphatic rings. The Bertz CT molecular complexity index is 519. The van der Waals surface area contributed by atoms with Crippen LogP contribution in [-0.4, -0.2) is 19.0 Å². The zero-order valence-electron chi connectivity index (χ0n) is 13.0. The summed E-state index contributed by atoms with van der Waals surface area (Å²) in [5.41, 5.74) is 0.258. The standard InChI is InChI=1S/C17H23ClO3/c1-4-20-14-10-12(13(18)11-15(14)21-5-2)16(19)17(3)8-6-7-9-17/h10-11H,4-9H2,1-3H3. The van der Waals surface area contributed by atoms with Gasteiger partial charge in [0.05, 0.1) is 18.2 Å². The third-order valence-corrected chi connectivity index (χ3v) is 4.45. The summed E-state index contributed by atoms with van der Waals surface area (Å²) in [6.45, 7) is 6.90. The molecule has 0 aromatic heterocycles. The number of Topliss-reactive ketones (excluding diaryl/α,β-unsaturated/α-hetero) is 1. The topological polar surface area (TPSA) is 35.5 Å².